The predicted molar refractivity (Wildman–Crippen MR) is 64.7 cm³/mol. The Bertz CT molecular complexity index is 517. The summed E-state index contributed by atoms with van der Waals surface area (Å²) in [4.78, 5) is 11.9. The molecule has 1 unspecified atom stereocenters. The molecule has 2 rings (SSSR count). The summed E-state index contributed by atoms with van der Waals surface area (Å²) in [6, 6.07) is 13.7. The van der Waals surface area contributed by atoms with Crippen LogP contribution in [0.25, 0.3) is 10.8 Å². The fraction of sp³-hybridized carbons (Fsp3) is 0.214. The molecule has 0 aliphatic heterocycles. The van der Waals surface area contributed by atoms with Crippen molar-refractivity contribution in [2.75, 3.05) is 7.11 Å². The zero-order valence-electron chi connectivity index (χ0n) is 9.44. The second-order valence-electron chi connectivity index (χ2n) is 3.80. The third kappa shape index (κ3) is 1.97. The van der Waals surface area contributed by atoms with E-state index in [0.717, 1.165) is 10.8 Å². The fourth-order valence-electron chi connectivity index (χ4n) is 1.68. The number of hydrogen-bond acceptors (Lipinski definition) is 2. The van der Waals surface area contributed by atoms with Gasteiger partial charge >= 0.3 is 0 Å². The number of carbonyl (C=O) groups is 1. The van der Waals surface area contributed by atoms with Gasteiger partial charge in [-0.15, -0.1) is 0 Å². The van der Waals surface area contributed by atoms with Crippen molar-refractivity contribution in [2.24, 2.45) is 0 Å². The van der Waals surface area contributed by atoms with Gasteiger partial charge in [0.15, 0.2) is 5.78 Å². The summed E-state index contributed by atoms with van der Waals surface area (Å²) in [7, 11) is 1.55. The molecule has 0 bridgehead atoms. The van der Waals surface area contributed by atoms with Gasteiger partial charge < -0.3 is 4.74 Å². The highest BCUT2D eigenvalue weighted by Crippen LogP contribution is 2.17. The summed E-state index contributed by atoms with van der Waals surface area (Å²) >= 11 is 0. The monoisotopic (exact) mass is 214 g/mol. The van der Waals surface area contributed by atoms with Gasteiger partial charge in [-0.1, -0.05) is 36.4 Å². The summed E-state index contributed by atoms with van der Waals surface area (Å²) in [6.45, 7) is 1.76. The van der Waals surface area contributed by atoms with Crippen molar-refractivity contribution >= 4 is 16.6 Å². The van der Waals surface area contributed by atoms with Crippen LogP contribution in [0.5, 0.6) is 0 Å². The lowest BCUT2D eigenvalue weighted by Gasteiger charge is -2.08. The van der Waals surface area contributed by atoms with E-state index in [2.05, 4.69) is 0 Å². The molecule has 0 aliphatic carbocycles. The smallest absolute Gasteiger partial charge is 0.191 e. The second-order valence-corrected chi connectivity index (χ2v) is 3.80. The van der Waals surface area contributed by atoms with Crippen molar-refractivity contribution in [3.05, 3.63) is 48.0 Å². The van der Waals surface area contributed by atoms with E-state index < -0.39 is 0 Å². The summed E-state index contributed by atoms with van der Waals surface area (Å²) < 4.78 is 5.03. The van der Waals surface area contributed by atoms with Crippen LogP contribution in [0.4, 0.5) is 0 Å². The normalized spacial score (nSPS) is 12.6. The van der Waals surface area contributed by atoms with Crippen molar-refractivity contribution in [3.8, 4) is 0 Å². The second kappa shape index (κ2) is 4.45. The van der Waals surface area contributed by atoms with Gasteiger partial charge in [0.05, 0.1) is 0 Å². The third-order valence-electron chi connectivity index (χ3n) is 2.76. The van der Waals surface area contributed by atoms with Crippen LogP contribution in [0.15, 0.2) is 42.5 Å². The number of hydrogen-bond donors (Lipinski definition) is 0. The SMILES string of the molecule is COC(C)C(=O)c1ccc2ccccc2c1. The average Bonchev–Trinajstić information content (AvgIpc) is 2.36. The lowest BCUT2D eigenvalue weighted by atomic mass is 10.0. The lowest BCUT2D eigenvalue weighted by molar-refractivity contribution is 0.0656. The highest BCUT2D eigenvalue weighted by molar-refractivity contribution is 6.02. The van der Waals surface area contributed by atoms with Crippen LogP contribution in [0.2, 0.25) is 0 Å². The highest BCUT2D eigenvalue weighted by Gasteiger charge is 2.14. The Morgan fingerprint density at radius 3 is 2.50 bits per heavy atom. The van der Waals surface area contributed by atoms with Crippen molar-refractivity contribution in [3.63, 3.8) is 0 Å². The molecule has 0 heterocycles. The molecule has 2 aromatic carbocycles. The Hall–Kier alpha value is -1.67. The van der Waals surface area contributed by atoms with Crippen LogP contribution in [-0.4, -0.2) is 19.0 Å². The van der Waals surface area contributed by atoms with E-state index in [4.69, 9.17) is 4.74 Å². The molecule has 0 radical (unpaired) electrons. The van der Waals surface area contributed by atoms with E-state index in [-0.39, 0.29) is 11.9 Å². The predicted octanol–water partition coefficient (Wildman–Crippen LogP) is 3.06. The van der Waals surface area contributed by atoms with Crippen LogP contribution in [0, 0.1) is 0 Å². The number of benzene rings is 2. The number of ether oxygens (including phenoxy) is 1. The molecular weight excluding hydrogens is 200 g/mol. The van der Waals surface area contributed by atoms with E-state index >= 15 is 0 Å². The van der Waals surface area contributed by atoms with E-state index in [1.54, 1.807) is 14.0 Å². The molecule has 1 atom stereocenters. The molecule has 0 amide bonds. The van der Waals surface area contributed by atoms with Gasteiger partial charge in [-0.2, -0.15) is 0 Å². The van der Waals surface area contributed by atoms with Gasteiger partial charge in [0.2, 0.25) is 0 Å². The van der Waals surface area contributed by atoms with E-state index in [1.165, 1.54) is 0 Å². The number of Topliss-reactive ketones (excluding diaryl/α,β-unsaturated/α-hetero) is 1. The van der Waals surface area contributed by atoms with Crippen LogP contribution >= 0.6 is 0 Å². The Kier molecular flexibility index (Phi) is 3.02. The molecule has 2 heteroatoms. The summed E-state index contributed by atoms with van der Waals surface area (Å²) in [5.74, 6) is 0.0215. The Morgan fingerprint density at radius 1 is 1.12 bits per heavy atom. The molecule has 0 aromatic heterocycles. The van der Waals surface area contributed by atoms with Gasteiger partial charge in [0, 0.05) is 12.7 Å². The zero-order valence-corrected chi connectivity index (χ0v) is 9.44. The zero-order chi connectivity index (χ0) is 11.5. The largest absolute Gasteiger partial charge is 0.374 e. The number of rotatable bonds is 3. The Labute approximate surface area is 94.8 Å². The quantitative estimate of drug-likeness (QED) is 0.734. The molecule has 0 aliphatic rings. The van der Waals surface area contributed by atoms with Crippen LogP contribution in [0.1, 0.15) is 17.3 Å². The minimum atomic E-state index is -0.388. The van der Waals surface area contributed by atoms with Crippen molar-refractivity contribution in [1.82, 2.24) is 0 Å². The molecule has 82 valence electrons. The average molecular weight is 214 g/mol. The van der Waals surface area contributed by atoms with E-state index in [0.29, 0.717) is 5.56 Å². The van der Waals surface area contributed by atoms with Crippen molar-refractivity contribution < 1.29 is 9.53 Å². The minimum Gasteiger partial charge on any atom is -0.374 e. The van der Waals surface area contributed by atoms with Gasteiger partial charge in [-0.3, -0.25) is 4.79 Å². The number of carbonyl (C=O) groups excluding carboxylic acids is 1. The molecule has 0 N–H and O–H groups in total. The van der Waals surface area contributed by atoms with Gasteiger partial charge in [0.25, 0.3) is 0 Å². The topological polar surface area (TPSA) is 26.3 Å². The molecule has 0 fully saturated rings. The van der Waals surface area contributed by atoms with Crippen LogP contribution < -0.4 is 0 Å². The highest BCUT2D eigenvalue weighted by atomic mass is 16.5. The van der Waals surface area contributed by atoms with E-state index in [1.807, 2.05) is 42.5 Å². The molecule has 2 aromatic rings. The summed E-state index contributed by atoms with van der Waals surface area (Å²) in [6.07, 6.45) is -0.388. The molecule has 16 heavy (non-hydrogen) atoms. The standard InChI is InChI=1S/C14H14O2/c1-10(16-2)14(15)13-8-7-11-5-3-4-6-12(11)9-13/h3-10H,1-2H3. The van der Waals surface area contributed by atoms with E-state index in [9.17, 15) is 4.79 Å². The molecule has 0 saturated carbocycles. The maximum Gasteiger partial charge on any atom is 0.191 e. The molecular formula is C14H14O2. The van der Waals surface area contributed by atoms with Crippen LogP contribution in [0.3, 0.4) is 0 Å². The molecule has 0 saturated heterocycles. The first kappa shape index (κ1) is 10.8. The number of fused-ring (bicyclic) bond motifs is 1. The number of methoxy groups -OCH3 is 1. The molecule has 0 spiro atoms. The van der Waals surface area contributed by atoms with Crippen LogP contribution in [-0.2, 0) is 4.74 Å². The first-order valence-electron chi connectivity index (χ1n) is 5.28. The number of ketones is 1. The maximum atomic E-state index is 11.9. The summed E-state index contributed by atoms with van der Waals surface area (Å²) in [5.41, 5.74) is 0.702. The Morgan fingerprint density at radius 2 is 1.81 bits per heavy atom. The van der Waals surface area contributed by atoms with Crippen molar-refractivity contribution in [2.45, 2.75) is 13.0 Å². The first-order chi connectivity index (χ1) is 7.72. The maximum absolute atomic E-state index is 11.9. The van der Waals surface area contributed by atoms with Gasteiger partial charge in [-0.05, 0) is 23.8 Å². The first-order valence-corrected chi connectivity index (χ1v) is 5.28. The Balaban J connectivity index is 2.43. The minimum absolute atomic E-state index is 0.0215. The fourth-order valence-corrected chi connectivity index (χ4v) is 1.68. The third-order valence-corrected chi connectivity index (χ3v) is 2.76. The molecule has 2 nitrogen and oxygen atoms in total. The summed E-state index contributed by atoms with van der Waals surface area (Å²) in [5, 5.41) is 2.22. The van der Waals surface area contributed by atoms with Crippen molar-refractivity contribution in [1.29, 1.82) is 0 Å². The van der Waals surface area contributed by atoms with Gasteiger partial charge in [0.1, 0.15) is 6.10 Å². The lowest BCUT2D eigenvalue weighted by Crippen LogP contribution is -2.18. The van der Waals surface area contributed by atoms with Gasteiger partial charge in [-0.25, -0.2) is 0 Å².